The maximum absolute atomic E-state index is 10.8. The fourth-order valence-corrected chi connectivity index (χ4v) is 1.64. The zero-order valence-electron chi connectivity index (χ0n) is 6.41. The van der Waals surface area contributed by atoms with Gasteiger partial charge in [0.2, 0.25) is 10.0 Å². The molecule has 0 saturated carbocycles. The first kappa shape index (κ1) is 11.4. The van der Waals surface area contributed by atoms with Gasteiger partial charge in [0.25, 0.3) is 0 Å². The minimum atomic E-state index is -3.26. The molecule has 2 N–H and O–H groups in total. The fourth-order valence-electron chi connectivity index (χ4n) is 0.413. The van der Waals surface area contributed by atoms with E-state index in [-0.39, 0.29) is 4.66 Å². The minimum Gasteiger partial charge on any atom is -0.392 e. The van der Waals surface area contributed by atoms with Crippen LogP contribution in [0.3, 0.4) is 0 Å². The van der Waals surface area contributed by atoms with Gasteiger partial charge in [-0.1, -0.05) is 15.9 Å². The lowest BCUT2D eigenvalue weighted by Crippen LogP contribution is -2.39. The number of nitrogens with one attached hydrogen (secondary N) is 1. The molecule has 0 amide bonds. The van der Waals surface area contributed by atoms with Crippen molar-refractivity contribution >= 4 is 26.0 Å². The summed E-state index contributed by atoms with van der Waals surface area (Å²) in [4.78, 5) is 0. The van der Waals surface area contributed by atoms with E-state index in [2.05, 4.69) is 20.7 Å². The number of sulfonamides is 1. The van der Waals surface area contributed by atoms with Gasteiger partial charge in [-0.2, -0.15) is 0 Å². The van der Waals surface area contributed by atoms with E-state index in [1.54, 1.807) is 6.92 Å². The van der Waals surface area contributed by atoms with Gasteiger partial charge in [0.15, 0.2) is 0 Å². The summed E-state index contributed by atoms with van der Waals surface area (Å²) in [6, 6.07) is -0.447. The molecule has 0 fully saturated rings. The number of hydrogen-bond acceptors (Lipinski definition) is 3. The molecule has 0 aliphatic heterocycles. The van der Waals surface area contributed by atoms with E-state index in [1.807, 2.05) is 0 Å². The standard InChI is InChI=1S/C5H12BrNO3S/c1-4(5(2)8)7-11(9,10)3-6/h4-5,7-8H,3H2,1-2H3. The van der Waals surface area contributed by atoms with Crippen LogP contribution < -0.4 is 4.72 Å². The number of halogens is 1. The van der Waals surface area contributed by atoms with Gasteiger partial charge in [0, 0.05) is 6.04 Å². The highest BCUT2D eigenvalue weighted by molar-refractivity contribution is 9.10. The van der Waals surface area contributed by atoms with Crippen molar-refractivity contribution in [1.82, 2.24) is 4.72 Å². The molecule has 0 spiro atoms. The van der Waals surface area contributed by atoms with E-state index < -0.39 is 22.2 Å². The molecule has 6 heteroatoms. The Kier molecular flexibility index (Phi) is 4.53. The van der Waals surface area contributed by atoms with E-state index >= 15 is 0 Å². The molecule has 2 atom stereocenters. The lowest BCUT2D eigenvalue weighted by Gasteiger charge is -2.15. The molecule has 68 valence electrons. The molecule has 0 bridgehead atoms. The Morgan fingerprint density at radius 2 is 2.00 bits per heavy atom. The topological polar surface area (TPSA) is 66.4 Å². The van der Waals surface area contributed by atoms with E-state index in [4.69, 9.17) is 5.11 Å². The molecule has 0 aliphatic rings. The summed E-state index contributed by atoms with van der Waals surface area (Å²) in [5, 5.41) is 8.94. The van der Waals surface area contributed by atoms with Crippen molar-refractivity contribution in [3.05, 3.63) is 0 Å². The van der Waals surface area contributed by atoms with Gasteiger partial charge < -0.3 is 5.11 Å². The fraction of sp³-hybridized carbons (Fsp3) is 1.00. The zero-order valence-corrected chi connectivity index (χ0v) is 8.81. The highest BCUT2D eigenvalue weighted by Gasteiger charge is 2.15. The number of rotatable bonds is 4. The van der Waals surface area contributed by atoms with Crippen LogP contribution in [0.15, 0.2) is 0 Å². The first-order chi connectivity index (χ1) is 4.89. The first-order valence-corrected chi connectivity index (χ1v) is 5.90. The lowest BCUT2D eigenvalue weighted by molar-refractivity contribution is 0.163. The summed E-state index contributed by atoms with van der Waals surface area (Å²) >= 11 is 2.82. The third kappa shape index (κ3) is 4.73. The van der Waals surface area contributed by atoms with Crippen LogP contribution >= 0.6 is 15.9 Å². The predicted molar refractivity (Wildman–Crippen MR) is 47.0 cm³/mol. The van der Waals surface area contributed by atoms with Crippen LogP contribution in [-0.2, 0) is 10.0 Å². The van der Waals surface area contributed by atoms with E-state index in [0.29, 0.717) is 0 Å². The maximum Gasteiger partial charge on any atom is 0.221 e. The summed E-state index contributed by atoms with van der Waals surface area (Å²) < 4.78 is 23.8. The summed E-state index contributed by atoms with van der Waals surface area (Å²) in [6.45, 7) is 3.13. The zero-order chi connectivity index (χ0) is 9.07. The van der Waals surface area contributed by atoms with Crippen LogP contribution in [0.25, 0.3) is 0 Å². The summed E-state index contributed by atoms with van der Waals surface area (Å²) in [6.07, 6.45) is -0.677. The van der Waals surface area contributed by atoms with Crippen molar-refractivity contribution < 1.29 is 13.5 Å². The number of alkyl halides is 1. The Bertz CT molecular complexity index is 202. The monoisotopic (exact) mass is 245 g/mol. The molecular weight excluding hydrogens is 234 g/mol. The molecule has 4 nitrogen and oxygen atoms in total. The highest BCUT2D eigenvalue weighted by atomic mass is 79.9. The smallest absolute Gasteiger partial charge is 0.221 e. The third-order valence-corrected chi connectivity index (χ3v) is 4.06. The van der Waals surface area contributed by atoms with Crippen LogP contribution in [0, 0.1) is 0 Å². The van der Waals surface area contributed by atoms with Gasteiger partial charge in [0.05, 0.1) is 6.10 Å². The van der Waals surface area contributed by atoms with Gasteiger partial charge in [-0.05, 0) is 13.8 Å². The summed E-state index contributed by atoms with van der Waals surface area (Å²) in [5.41, 5.74) is 0. The summed E-state index contributed by atoms with van der Waals surface area (Å²) in [5.74, 6) is 0. The van der Waals surface area contributed by atoms with Crippen LogP contribution in [0.2, 0.25) is 0 Å². The second kappa shape index (κ2) is 4.39. The van der Waals surface area contributed by atoms with Crippen LogP contribution in [-0.4, -0.2) is 30.3 Å². The van der Waals surface area contributed by atoms with E-state index in [9.17, 15) is 8.42 Å². The van der Waals surface area contributed by atoms with Gasteiger partial charge in [-0.25, -0.2) is 13.1 Å². The van der Waals surface area contributed by atoms with Crippen molar-refractivity contribution in [3.8, 4) is 0 Å². The predicted octanol–water partition coefficient (Wildman–Crippen LogP) is 0.0275. The third-order valence-electron chi connectivity index (χ3n) is 1.23. The Labute approximate surface area is 75.2 Å². The van der Waals surface area contributed by atoms with Crippen LogP contribution in [0.1, 0.15) is 13.8 Å². The van der Waals surface area contributed by atoms with Crippen molar-refractivity contribution in [3.63, 3.8) is 0 Å². The Morgan fingerprint density at radius 1 is 1.55 bits per heavy atom. The molecule has 0 aromatic carbocycles. The van der Waals surface area contributed by atoms with Gasteiger partial charge in [-0.15, -0.1) is 0 Å². The van der Waals surface area contributed by atoms with Crippen LogP contribution in [0.5, 0.6) is 0 Å². The van der Waals surface area contributed by atoms with Crippen molar-refractivity contribution in [2.24, 2.45) is 0 Å². The quantitative estimate of drug-likeness (QED) is 0.687. The second-order valence-electron chi connectivity index (χ2n) is 2.37. The minimum absolute atomic E-state index is 0.142. The largest absolute Gasteiger partial charge is 0.392 e. The molecule has 0 aromatic rings. The number of aliphatic hydroxyl groups excluding tert-OH is 1. The maximum atomic E-state index is 10.8. The highest BCUT2D eigenvalue weighted by Crippen LogP contribution is 1.97. The Morgan fingerprint density at radius 3 is 2.27 bits per heavy atom. The van der Waals surface area contributed by atoms with Gasteiger partial charge in [-0.3, -0.25) is 0 Å². The van der Waals surface area contributed by atoms with Crippen molar-refractivity contribution in [1.29, 1.82) is 0 Å². The normalized spacial score (nSPS) is 17.8. The van der Waals surface area contributed by atoms with Gasteiger partial charge >= 0.3 is 0 Å². The molecule has 0 saturated heterocycles. The van der Waals surface area contributed by atoms with E-state index in [1.165, 1.54) is 6.92 Å². The second-order valence-corrected chi connectivity index (χ2v) is 5.43. The van der Waals surface area contributed by atoms with Crippen molar-refractivity contribution in [2.45, 2.75) is 26.0 Å². The molecule has 0 aromatic heterocycles. The molecule has 0 aliphatic carbocycles. The van der Waals surface area contributed by atoms with Crippen LogP contribution in [0.4, 0.5) is 0 Å². The molecular formula is C5H12BrNO3S. The van der Waals surface area contributed by atoms with Gasteiger partial charge in [0.1, 0.15) is 4.66 Å². The lowest BCUT2D eigenvalue weighted by atomic mass is 10.2. The Hall–Kier alpha value is 0.350. The first-order valence-electron chi connectivity index (χ1n) is 3.13. The SMILES string of the molecule is CC(O)C(C)NS(=O)(=O)CBr. The van der Waals surface area contributed by atoms with E-state index in [0.717, 1.165) is 0 Å². The average Bonchev–Trinajstić information content (AvgIpc) is 1.87. The number of aliphatic hydroxyl groups is 1. The molecule has 11 heavy (non-hydrogen) atoms. The van der Waals surface area contributed by atoms with Crippen molar-refractivity contribution in [2.75, 3.05) is 4.66 Å². The number of hydrogen-bond donors (Lipinski definition) is 2. The summed E-state index contributed by atoms with van der Waals surface area (Å²) in [7, 11) is -3.26. The average molecular weight is 246 g/mol. The molecule has 0 radical (unpaired) electrons. The molecule has 0 heterocycles. The molecule has 2 unspecified atom stereocenters. The Balaban J connectivity index is 4.05. The molecule has 0 rings (SSSR count).